The minimum Gasteiger partial charge on any atom is -0.313 e. The SMILES string of the molecule is CCc1cccc(N2C3=CC=CCC3(C)c3cc(-c4ccc(-c5ccc6c(c5)c5ccccc5n6-c5ccc6ccccc6c5)c(C)c4)ccc32)c1. The quantitative estimate of drug-likeness (QED) is 0.177. The van der Waals surface area contributed by atoms with Crippen molar-refractivity contribution in [1.82, 2.24) is 4.57 Å². The van der Waals surface area contributed by atoms with Crippen LogP contribution in [0.3, 0.4) is 0 Å². The number of aryl methyl sites for hydroxylation is 2. The highest BCUT2D eigenvalue weighted by molar-refractivity contribution is 6.10. The summed E-state index contributed by atoms with van der Waals surface area (Å²) in [7, 11) is 0. The van der Waals surface area contributed by atoms with Gasteiger partial charge in [-0.25, -0.2) is 0 Å². The normalized spacial score (nSPS) is 16.4. The van der Waals surface area contributed by atoms with E-state index in [1.54, 1.807) is 0 Å². The summed E-state index contributed by atoms with van der Waals surface area (Å²) in [6.45, 7) is 6.90. The second-order valence-corrected chi connectivity index (χ2v) is 14.8. The molecule has 1 unspecified atom stereocenters. The monoisotopic (exact) mass is 668 g/mol. The van der Waals surface area contributed by atoms with Crippen LogP contribution in [0.4, 0.5) is 11.4 Å². The van der Waals surface area contributed by atoms with E-state index in [4.69, 9.17) is 0 Å². The highest BCUT2D eigenvalue weighted by atomic mass is 15.2. The van der Waals surface area contributed by atoms with Crippen molar-refractivity contribution >= 4 is 44.0 Å². The standard InChI is InChI=1S/C50H40N2/c1-4-34-12-11-15-40(29-34)52-48-26-21-38(32-45(48)50(3)27-10-9-18-49(50)52)37-20-24-42(33(2)28-37)39-22-25-47-44(31-39)43-16-7-8-17-46(43)51(47)41-23-19-35-13-5-6-14-36(35)30-41/h5-26,28-32H,4,27H2,1-3H3. The molecule has 0 bridgehead atoms. The summed E-state index contributed by atoms with van der Waals surface area (Å²) in [5.41, 5.74) is 16.5. The maximum Gasteiger partial charge on any atom is 0.0541 e. The molecule has 250 valence electrons. The van der Waals surface area contributed by atoms with Crippen molar-refractivity contribution in [1.29, 1.82) is 0 Å². The molecular formula is C50H40N2. The molecule has 1 aliphatic heterocycles. The van der Waals surface area contributed by atoms with Crippen LogP contribution in [0.1, 0.15) is 37.0 Å². The van der Waals surface area contributed by atoms with Crippen LogP contribution in [0.15, 0.2) is 170 Å². The van der Waals surface area contributed by atoms with Gasteiger partial charge in [0, 0.05) is 33.3 Å². The Morgan fingerprint density at radius 3 is 2.29 bits per heavy atom. The predicted molar refractivity (Wildman–Crippen MR) is 221 cm³/mol. The summed E-state index contributed by atoms with van der Waals surface area (Å²) in [4.78, 5) is 2.49. The molecule has 2 nitrogen and oxygen atoms in total. The van der Waals surface area contributed by atoms with Gasteiger partial charge in [0.15, 0.2) is 0 Å². The van der Waals surface area contributed by atoms with Crippen LogP contribution >= 0.6 is 0 Å². The lowest BCUT2D eigenvalue weighted by atomic mass is 9.76. The van der Waals surface area contributed by atoms with Crippen LogP contribution < -0.4 is 4.90 Å². The third kappa shape index (κ3) is 4.64. The molecule has 0 saturated heterocycles. The molecule has 8 aromatic rings. The van der Waals surface area contributed by atoms with E-state index in [9.17, 15) is 0 Å². The molecule has 1 atom stereocenters. The van der Waals surface area contributed by atoms with Gasteiger partial charge in [-0.1, -0.05) is 110 Å². The van der Waals surface area contributed by atoms with Crippen molar-refractivity contribution in [2.75, 3.05) is 4.90 Å². The summed E-state index contributed by atoms with van der Waals surface area (Å²) < 4.78 is 2.41. The number of anilines is 2. The van der Waals surface area contributed by atoms with E-state index in [1.165, 1.54) is 94.3 Å². The molecule has 0 saturated carbocycles. The molecule has 52 heavy (non-hydrogen) atoms. The van der Waals surface area contributed by atoms with E-state index in [-0.39, 0.29) is 5.41 Å². The highest BCUT2D eigenvalue weighted by Gasteiger charge is 2.44. The second kappa shape index (κ2) is 11.7. The molecule has 1 aromatic heterocycles. The third-order valence-corrected chi connectivity index (χ3v) is 11.7. The molecule has 0 radical (unpaired) electrons. The lowest BCUT2D eigenvalue weighted by molar-refractivity contribution is 0.577. The topological polar surface area (TPSA) is 8.17 Å². The number of fused-ring (bicyclic) bond motifs is 7. The first-order chi connectivity index (χ1) is 25.5. The average Bonchev–Trinajstić information content (AvgIpc) is 3.66. The summed E-state index contributed by atoms with van der Waals surface area (Å²) in [5, 5.41) is 5.06. The largest absolute Gasteiger partial charge is 0.313 e. The Hall–Kier alpha value is -6.12. The third-order valence-electron chi connectivity index (χ3n) is 11.7. The van der Waals surface area contributed by atoms with Gasteiger partial charge in [-0.05, 0) is 137 Å². The van der Waals surface area contributed by atoms with Crippen LogP contribution in [-0.2, 0) is 11.8 Å². The molecule has 2 aliphatic rings. The van der Waals surface area contributed by atoms with E-state index in [0.717, 1.165) is 12.8 Å². The van der Waals surface area contributed by atoms with Gasteiger partial charge in [-0.2, -0.15) is 0 Å². The van der Waals surface area contributed by atoms with Crippen molar-refractivity contribution in [3.05, 3.63) is 186 Å². The zero-order chi connectivity index (χ0) is 35.0. The number of nitrogens with zero attached hydrogens (tertiary/aromatic N) is 2. The summed E-state index contributed by atoms with van der Waals surface area (Å²) in [6, 6.07) is 54.3. The van der Waals surface area contributed by atoms with Crippen LogP contribution in [0.2, 0.25) is 0 Å². The first kappa shape index (κ1) is 30.7. The summed E-state index contributed by atoms with van der Waals surface area (Å²) in [6.07, 6.45) is 8.89. The van der Waals surface area contributed by atoms with E-state index < -0.39 is 0 Å². The van der Waals surface area contributed by atoms with Crippen LogP contribution in [0.25, 0.3) is 60.5 Å². The zero-order valence-electron chi connectivity index (χ0n) is 29.9. The highest BCUT2D eigenvalue weighted by Crippen LogP contribution is 2.55. The molecule has 10 rings (SSSR count). The van der Waals surface area contributed by atoms with Gasteiger partial charge in [0.25, 0.3) is 0 Å². The smallest absolute Gasteiger partial charge is 0.0541 e. The fourth-order valence-corrected chi connectivity index (χ4v) is 8.90. The van der Waals surface area contributed by atoms with E-state index >= 15 is 0 Å². The fraction of sp³-hybridized carbons (Fsp3) is 0.120. The number of aromatic nitrogens is 1. The molecular weight excluding hydrogens is 629 g/mol. The van der Waals surface area contributed by atoms with Gasteiger partial charge in [0.1, 0.15) is 0 Å². The van der Waals surface area contributed by atoms with Crippen LogP contribution in [0.5, 0.6) is 0 Å². The number of benzene rings is 7. The van der Waals surface area contributed by atoms with Gasteiger partial charge in [-0.15, -0.1) is 0 Å². The number of allylic oxidation sites excluding steroid dienone is 4. The first-order valence-corrected chi connectivity index (χ1v) is 18.5. The second-order valence-electron chi connectivity index (χ2n) is 14.8. The van der Waals surface area contributed by atoms with Gasteiger partial charge >= 0.3 is 0 Å². The Balaban J connectivity index is 1.04. The van der Waals surface area contributed by atoms with Crippen molar-refractivity contribution in [3.63, 3.8) is 0 Å². The molecule has 1 aliphatic carbocycles. The first-order valence-electron chi connectivity index (χ1n) is 18.5. The Morgan fingerprint density at radius 1 is 0.615 bits per heavy atom. The molecule has 0 fully saturated rings. The Bertz CT molecular complexity index is 2790. The van der Waals surface area contributed by atoms with Gasteiger partial charge in [0.05, 0.1) is 16.7 Å². The van der Waals surface area contributed by atoms with E-state index in [0.29, 0.717) is 0 Å². The molecule has 2 heteroatoms. The Kier molecular flexibility index (Phi) is 6.91. The number of para-hydroxylation sites is 1. The predicted octanol–water partition coefficient (Wildman–Crippen LogP) is 13.4. The van der Waals surface area contributed by atoms with Crippen molar-refractivity contribution < 1.29 is 0 Å². The van der Waals surface area contributed by atoms with Crippen molar-refractivity contribution in [2.24, 2.45) is 0 Å². The van der Waals surface area contributed by atoms with Gasteiger partial charge < -0.3 is 9.47 Å². The summed E-state index contributed by atoms with van der Waals surface area (Å²) in [5.74, 6) is 0. The minimum absolute atomic E-state index is 0.0707. The Morgan fingerprint density at radius 2 is 1.40 bits per heavy atom. The molecule has 0 amide bonds. The number of hydrogen-bond donors (Lipinski definition) is 0. The van der Waals surface area contributed by atoms with E-state index in [2.05, 4.69) is 194 Å². The fourth-order valence-electron chi connectivity index (χ4n) is 8.90. The Labute approximate surface area is 305 Å². The maximum absolute atomic E-state index is 2.49. The summed E-state index contributed by atoms with van der Waals surface area (Å²) >= 11 is 0. The molecule has 0 N–H and O–H groups in total. The van der Waals surface area contributed by atoms with Crippen LogP contribution in [-0.4, -0.2) is 4.57 Å². The molecule has 2 heterocycles. The van der Waals surface area contributed by atoms with Crippen molar-refractivity contribution in [2.45, 2.75) is 39.0 Å². The lowest BCUT2D eigenvalue weighted by Gasteiger charge is -2.31. The molecule has 7 aromatic carbocycles. The maximum atomic E-state index is 2.49. The number of hydrogen-bond acceptors (Lipinski definition) is 1. The number of rotatable bonds is 5. The van der Waals surface area contributed by atoms with Crippen molar-refractivity contribution in [3.8, 4) is 27.9 Å². The average molecular weight is 669 g/mol. The lowest BCUT2D eigenvalue weighted by Crippen LogP contribution is -2.27. The van der Waals surface area contributed by atoms with Crippen LogP contribution in [0, 0.1) is 6.92 Å². The van der Waals surface area contributed by atoms with E-state index in [1.807, 2.05) is 0 Å². The van der Waals surface area contributed by atoms with Gasteiger partial charge in [0.2, 0.25) is 0 Å². The van der Waals surface area contributed by atoms with Gasteiger partial charge in [-0.3, -0.25) is 0 Å². The zero-order valence-corrected chi connectivity index (χ0v) is 29.9. The molecule has 0 spiro atoms. The minimum atomic E-state index is -0.0707.